The van der Waals surface area contributed by atoms with Crippen LogP contribution in [-0.2, 0) is 12.8 Å². The van der Waals surface area contributed by atoms with Crippen LogP contribution >= 0.6 is 12.2 Å². The molecule has 0 spiro atoms. The normalized spacial score (nSPS) is 17.6. The molecule has 0 aromatic heterocycles. The lowest BCUT2D eigenvalue weighted by molar-refractivity contribution is 0.353. The quantitative estimate of drug-likeness (QED) is 0.854. The number of rotatable bonds is 5. The Kier molecular flexibility index (Phi) is 4.68. The summed E-state index contributed by atoms with van der Waals surface area (Å²) in [4.78, 5) is 2.23. The van der Waals surface area contributed by atoms with Gasteiger partial charge in [0.25, 0.3) is 0 Å². The van der Waals surface area contributed by atoms with Crippen LogP contribution < -0.4 is 5.32 Å². The molecule has 2 aromatic rings. The van der Waals surface area contributed by atoms with Gasteiger partial charge in [0.1, 0.15) is 5.82 Å². The molecule has 1 N–H and O–H groups in total. The van der Waals surface area contributed by atoms with Crippen molar-refractivity contribution in [2.75, 3.05) is 13.1 Å². The maximum atomic E-state index is 13.3. The largest absolute Gasteiger partial charge is 0.360 e. The molecule has 4 heteroatoms. The molecular formula is C18H19FN2S. The van der Waals surface area contributed by atoms with E-state index in [0.717, 1.165) is 36.6 Å². The van der Waals surface area contributed by atoms with Gasteiger partial charge >= 0.3 is 0 Å². The van der Waals surface area contributed by atoms with Gasteiger partial charge in [-0.05, 0) is 48.3 Å². The van der Waals surface area contributed by atoms with E-state index in [0.29, 0.717) is 6.04 Å². The summed E-state index contributed by atoms with van der Waals surface area (Å²) in [6.45, 7) is 1.68. The third-order valence-corrected chi connectivity index (χ3v) is 4.41. The molecule has 1 aliphatic rings. The highest BCUT2D eigenvalue weighted by molar-refractivity contribution is 7.80. The SMILES string of the molecule is Fc1cccc(CCN2C(=S)NCC2Cc2ccccc2)c1. The molecule has 1 fully saturated rings. The molecular weight excluding hydrogens is 295 g/mol. The number of hydrogen-bond acceptors (Lipinski definition) is 1. The van der Waals surface area contributed by atoms with Crippen molar-refractivity contribution in [1.82, 2.24) is 10.2 Å². The van der Waals surface area contributed by atoms with Crippen LogP contribution in [0.3, 0.4) is 0 Å². The molecule has 22 heavy (non-hydrogen) atoms. The Hall–Kier alpha value is -1.94. The Morgan fingerprint density at radius 2 is 1.86 bits per heavy atom. The lowest BCUT2D eigenvalue weighted by Gasteiger charge is -2.25. The lowest BCUT2D eigenvalue weighted by Crippen LogP contribution is -2.37. The smallest absolute Gasteiger partial charge is 0.169 e. The molecule has 1 saturated heterocycles. The van der Waals surface area contributed by atoms with Crippen LogP contribution in [0.25, 0.3) is 0 Å². The summed E-state index contributed by atoms with van der Waals surface area (Å²) in [5.74, 6) is -0.180. The first-order valence-corrected chi connectivity index (χ1v) is 7.96. The second-order valence-electron chi connectivity index (χ2n) is 5.60. The summed E-state index contributed by atoms with van der Waals surface area (Å²) in [6, 6.07) is 17.6. The minimum atomic E-state index is -0.180. The number of nitrogens with zero attached hydrogens (tertiary/aromatic N) is 1. The highest BCUT2D eigenvalue weighted by Gasteiger charge is 2.27. The Balaban J connectivity index is 1.64. The van der Waals surface area contributed by atoms with Crippen molar-refractivity contribution >= 4 is 17.3 Å². The second kappa shape index (κ2) is 6.88. The van der Waals surface area contributed by atoms with Crippen LogP contribution in [0.5, 0.6) is 0 Å². The molecule has 1 unspecified atom stereocenters. The third kappa shape index (κ3) is 3.63. The first kappa shape index (κ1) is 15.0. The lowest BCUT2D eigenvalue weighted by atomic mass is 10.1. The number of benzene rings is 2. The molecule has 0 aliphatic carbocycles. The summed E-state index contributed by atoms with van der Waals surface area (Å²) in [5, 5.41) is 4.07. The minimum absolute atomic E-state index is 0.180. The number of halogens is 1. The minimum Gasteiger partial charge on any atom is -0.360 e. The molecule has 0 radical (unpaired) electrons. The van der Waals surface area contributed by atoms with Gasteiger partial charge in [0.2, 0.25) is 0 Å². The molecule has 0 amide bonds. The van der Waals surface area contributed by atoms with Gasteiger partial charge in [0.15, 0.2) is 5.11 Å². The first-order valence-electron chi connectivity index (χ1n) is 7.55. The van der Waals surface area contributed by atoms with E-state index in [4.69, 9.17) is 12.2 Å². The highest BCUT2D eigenvalue weighted by Crippen LogP contribution is 2.15. The van der Waals surface area contributed by atoms with Crippen LogP contribution in [0, 0.1) is 5.82 Å². The molecule has 1 atom stereocenters. The van der Waals surface area contributed by atoms with Crippen LogP contribution in [0.4, 0.5) is 4.39 Å². The Morgan fingerprint density at radius 3 is 2.64 bits per heavy atom. The van der Waals surface area contributed by atoms with E-state index in [2.05, 4.69) is 34.5 Å². The van der Waals surface area contributed by atoms with E-state index < -0.39 is 0 Å². The first-order chi connectivity index (χ1) is 10.7. The fourth-order valence-corrected chi connectivity index (χ4v) is 3.20. The molecule has 0 bridgehead atoms. The fraction of sp³-hybridized carbons (Fsp3) is 0.278. The predicted octanol–water partition coefficient (Wildman–Crippen LogP) is 3.17. The number of hydrogen-bond donors (Lipinski definition) is 1. The van der Waals surface area contributed by atoms with Crippen LogP contribution in [0.15, 0.2) is 54.6 Å². The van der Waals surface area contributed by atoms with Gasteiger partial charge in [0, 0.05) is 13.1 Å². The van der Waals surface area contributed by atoms with Crippen molar-refractivity contribution in [3.05, 3.63) is 71.5 Å². The van der Waals surface area contributed by atoms with Crippen molar-refractivity contribution in [3.8, 4) is 0 Å². The Bertz CT molecular complexity index is 645. The van der Waals surface area contributed by atoms with Gasteiger partial charge < -0.3 is 10.2 Å². The summed E-state index contributed by atoms with van der Waals surface area (Å²) in [5.41, 5.74) is 2.32. The van der Waals surface area contributed by atoms with Gasteiger partial charge in [0.05, 0.1) is 6.04 Å². The molecule has 1 heterocycles. The standard InChI is InChI=1S/C18H19FN2S/c19-16-8-4-7-15(11-16)9-10-21-17(13-20-18(21)22)12-14-5-2-1-3-6-14/h1-8,11,17H,9-10,12-13H2,(H,20,22). The van der Waals surface area contributed by atoms with Crippen molar-refractivity contribution in [1.29, 1.82) is 0 Å². The maximum absolute atomic E-state index is 13.3. The average molecular weight is 314 g/mol. The zero-order valence-electron chi connectivity index (χ0n) is 12.3. The van der Waals surface area contributed by atoms with E-state index in [1.807, 2.05) is 12.1 Å². The second-order valence-corrected chi connectivity index (χ2v) is 5.99. The summed E-state index contributed by atoms with van der Waals surface area (Å²) < 4.78 is 13.3. The predicted molar refractivity (Wildman–Crippen MR) is 91.3 cm³/mol. The van der Waals surface area contributed by atoms with Gasteiger partial charge in [-0.3, -0.25) is 0 Å². The zero-order chi connectivity index (χ0) is 15.4. The molecule has 3 rings (SSSR count). The molecule has 2 nitrogen and oxygen atoms in total. The Labute approximate surface area is 136 Å². The summed E-state index contributed by atoms with van der Waals surface area (Å²) in [7, 11) is 0. The number of thiocarbonyl (C=S) groups is 1. The molecule has 1 aliphatic heterocycles. The topological polar surface area (TPSA) is 15.3 Å². The highest BCUT2D eigenvalue weighted by atomic mass is 32.1. The zero-order valence-corrected chi connectivity index (χ0v) is 13.2. The van der Waals surface area contributed by atoms with Gasteiger partial charge in [-0.25, -0.2) is 4.39 Å². The Morgan fingerprint density at radius 1 is 1.09 bits per heavy atom. The van der Waals surface area contributed by atoms with Crippen molar-refractivity contribution in [2.45, 2.75) is 18.9 Å². The van der Waals surface area contributed by atoms with Crippen LogP contribution in [-0.4, -0.2) is 29.1 Å². The third-order valence-electron chi connectivity index (χ3n) is 4.04. The molecule has 0 saturated carbocycles. The van der Waals surface area contributed by atoms with E-state index in [-0.39, 0.29) is 5.82 Å². The van der Waals surface area contributed by atoms with E-state index in [9.17, 15) is 4.39 Å². The van der Waals surface area contributed by atoms with Crippen molar-refractivity contribution in [2.24, 2.45) is 0 Å². The van der Waals surface area contributed by atoms with Crippen molar-refractivity contribution < 1.29 is 4.39 Å². The fourth-order valence-electron chi connectivity index (χ4n) is 2.88. The molecule has 2 aromatic carbocycles. The van der Waals surface area contributed by atoms with Crippen LogP contribution in [0.2, 0.25) is 0 Å². The molecule has 114 valence electrons. The van der Waals surface area contributed by atoms with E-state index in [1.54, 1.807) is 12.1 Å². The van der Waals surface area contributed by atoms with Crippen molar-refractivity contribution in [3.63, 3.8) is 0 Å². The number of nitrogens with one attached hydrogen (secondary N) is 1. The summed E-state index contributed by atoms with van der Waals surface area (Å²) in [6.07, 6.45) is 1.77. The van der Waals surface area contributed by atoms with Crippen LogP contribution in [0.1, 0.15) is 11.1 Å². The van der Waals surface area contributed by atoms with E-state index in [1.165, 1.54) is 11.6 Å². The summed E-state index contributed by atoms with van der Waals surface area (Å²) >= 11 is 5.42. The monoisotopic (exact) mass is 314 g/mol. The maximum Gasteiger partial charge on any atom is 0.169 e. The van der Waals surface area contributed by atoms with E-state index >= 15 is 0 Å². The average Bonchev–Trinajstić information content (AvgIpc) is 2.87. The van der Waals surface area contributed by atoms with Gasteiger partial charge in [-0.15, -0.1) is 0 Å². The van der Waals surface area contributed by atoms with Gasteiger partial charge in [-0.1, -0.05) is 42.5 Å². The van der Waals surface area contributed by atoms with Gasteiger partial charge in [-0.2, -0.15) is 0 Å².